The Kier molecular flexibility index (Phi) is 4.14. The lowest BCUT2D eigenvalue weighted by molar-refractivity contribution is -0.127. The molecule has 0 saturated carbocycles. The number of allylic oxidation sites excluding steroid dienone is 1. The molecule has 3 nitrogen and oxygen atoms in total. The van der Waals surface area contributed by atoms with Crippen LogP contribution < -0.4 is 5.32 Å². The minimum atomic E-state index is 0.145. The lowest BCUT2D eigenvalue weighted by Gasteiger charge is -2.31. The van der Waals surface area contributed by atoms with E-state index < -0.39 is 0 Å². The Morgan fingerprint density at radius 3 is 2.86 bits per heavy atom. The van der Waals surface area contributed by atoms with Crippen molar-refractivity contribution in [2.75, 3.05) is 19.6 Å². The van der Waals surface area contributed by atoms with E-state index in [1.54, 1.807) is 6.08 Å². The molecule has 0 bridgehead atoms. The third-order valence-electron chi connectivity index (χ3n) is 2.30. The number of carbonyl (C=O) groups excluding carboxylic acids is 1. The van der Waals surface area contributed by atoms with Crippen molar-refractivity contribution < 1.29 is 4.79 Å². The first-order valence-corrected chi connectivity index (χ1v) is 5.30. The molecule has 1 aliphatic rings. The Labute approximate surface area is 86.2 Å². The maximum atomic E-state index is 11.7. The van der Waals surface area contributed by atoms with Gasteiger partial charge in [0.25, 0.3) is 0 Å². The van der Waals surface area contributed by atoms with Crippen molar-refractivity contribution in [2.24, 2.45) is 5.92 Å². The van der Waals surface area contributed by atoms with E-state index in [1.807, 2.05) is 11.0 Å². The van der Waals surface area contributed by atoms with E-state index in [1.165, 1.54) is 0 Å². The molecule has 1 heterocycles. The highest BCUT2D eigenvalue weighted by Gasteiger charge is 2.18. The van der Waals surface area contributed by atoms with Gasteiger partial charge < -0.3 is 10.2 Å². The van der Waals surface area contributed by atoms with Gasteiger partial charge >= 0.3 is 0 Å². The minimum Gasteiger partial charge on any atom is -0.336 e. The molecule has 3 heteroatoms. The zero-order valence-electron chi connectivity index (χ0n) is 9.29. The fourth-order valence-corrected chi connectivity index (χ4v) is 1.51. The van der Waals surface area contributed by atoms with Crippen LogP contribution in [0.2, 0.25) is 0 Å². The van der Waals surface area contributed by atoms with Crippen LogP contribution in [0.5, 0.6) is 0 Å². The molecule has 1 saturated heterocycles. The molecule has 1 unspecified atom stereocenters. The Bertz CT molecular complexity index is 223. The maximum absolute atomic E-state index is 11.7. The fourth-order valence-electron chi connectivity index (χ4n) is 1.51. The van der Waals surface area contributed by atoms with E-state index in [2.05, 4.69) is 26.1 Å². The number of hydrogen-bond acceptors (Lipinski definition) is 2. The van der Waals surface area contributed by atoms with Crippen molar-refractivity contribution in [3.05, 3.63) is 12.2 Å². The van der Waals surface area contributed by atoms with Crippen LogP contribution >= 0.6 is 0 Å². The van der Waals surface area contributed by atoms with Crippen LogP contribution in [0.1, 0.15) is 20.8 Å². The standard InChI is InChI=1S/C11H20N2O/c1-9(2)4-5-11(14)13-7-6-12-10(3)8-13/h4-5,9-10,12H,6-8H2,1-3H3/b5-4+. The van der Waals surface area contributed by atoms with Gasteiger partial charge in [0.1, 0.15) is 0 Å². The normalized spacial score (nSPS) is 23.4. The Morgan fingerprint density at radius 2 is 2.29 bits per heavy atom. The molecule has 0 aromatic rings. The fraction of sp³-hybridized carbons (Fsp3) is 0.727. The largest absolute Gasteiger partial charge is 0.336 e. The van der Waals surface area contributed by atoms with Crippen LogP contribution in [0.4, 0.5) is 0 Å². The third kappa shape index (κ3) is 3.50. The van der Waals surface area contributed by atoms with Crippen molar-refractivity contribution in [3.63, 3.8) is 0 Å². The summed E-state index contributed by atoms with van der Waals surface area (Å²) in [6.45, 7) is 8.80. The highest BCUT2D eigenvalue weighted by atomic mass is 16.2. The second-order valence-electron chi connectivity index (χ2n) is 4.24. The summed E-state index contributed by atoms with van der Waals surface area (Å²) < 4.78 is 0. The predicted octanol–water partition coefficient (Wildman–Crippen LogP) is 1.02. The van der Waals surface area contributed by atoms with Gasteiger partial charge in [0.2, 0.25) is 5.91 Å². The van der Waals surface area contributed by atoms with Crippen LogP contribution in [0.25, 0.3) is 0 Å². The van der Waals surface area contributed by atoms with Crippen LogP contribution in [0.3, 0.4) is 0 Å². The third-order valence-corrected chi connectivity index (χ3v) is 2.30. The molecule has 1 aliphatic heterocycles. The molecule has 0 aromatic heterocycles. The molecule has 1 rings (SSSR count). The molecule has 80 valence electrons. The number of piperazine rings is 1. The summed E-state index contributed by atoms with van der Waals surface area (Å²) in [4.78, 5) is 13.6. The number of nitrogens with zero attached hydrogens (tertiary/aromatic N) is 1. The minimum absolute atomic E-state index is 0.145. The van der Waals surface area contributed by atoms with Gasteiger partial charge in [-0.25, -0.2) is 0 Å². The average Bonchev–Trinajstić information content (AvgIpc) is 2.14. The van der Waals surface area contributed by atoms with Crippen molar-refractivity contribution >= 4 is 5.91 Å². The highest BCUT2D eigenvalue weighted by Crippen LogP contribution is 2.01. The second kappa shape index (κ2) is 5.15. The molecular formula is C11H20N2O. The molecule has 14 heavy (non-hydrogen) atoms. The van der Waals surface area contributed by atoms with E-state index in [4.69, 9.17) is 0 Å². The molecule has 0 aliphatic carbocycles. The van der Waals surface area contributed by atoms with Gasteiger partial charge in [-0.3, -0.25) is 4.79 Å². The van der Waals surface area contributed by atoms with Crippen LogP contribution in [-0.2, 0) is 4.79 Å². The molecule has 0 aromatic carbocycles. The van der Waals surface area contributed by atoms with E-state index in [-0.39, 0.29) is 5.91 Å². The SMILES string of the molecule is CC(C)/C=C/C(=O)N1CCNC(C)C1. The topological polar surface area (TPSA) is 32.3 Å². The number of hydrogen-bond donors (Lipinski definition) is 1. The molecule has 1 amide bonds. The summed E-state index contributed by atoms with van der Waals surface area (Å²) >= 11 is 0. The average molecular weight is 196 g/mol. The summed E-state index contributed by atoms with van der Waals surface area (Å²) in [6.07, 6.45) is 3.65. The van der Waals surface area contributed by atoms with Gasteiger partial charge in [-0.15, -0.1) is 0 Å². The smallest absolute Gasteiger partial charge is 0.246 e. The number of nitrogens with one attached hydrogen (secondary N) is 1. The highest BCUT2D eigenvalue weighted by molar-refractivity contribution is 5.87. The van der Waals surface area contributed by atoms with Gasteiger partial charge in [-0.2, -0.15) is 0 Å². The maximum Gasteiger partial charge on any atom is 0.246 e. The molecule has 1 N–H and O–H groups in total. The van der Waals surface area contributed by atoms with E-state index >= 15 is 0 Å². The summed E-state index contributed by atoms with van der Waals surface area (Å²) in [5.41, 5.74) is 0. The second-order valence-corrected chi connectivity index (χ2v) is 4.24. The zero-order valence-corrected chi connectivity index (χ0v) is 9.29. The van der Waals surface area contributed by atoms with Crippen molar-refractivity contribution in [2.45, 2.75) is 26.8 Å². The Balaban J connectivity index is 2.43. The summed E-state index contributed by atoms with van der Waals surface area (Å²) in [7, 11) is 0. The number of rotatable bonds is 2. The van der Waals surface area contributed by atoms with E-state index in [0.717, 1.165) is 19.6 Å². The van der Waals surface area contributed by atoms with E-state index in [9.17, 15) is 4.79 Å². The summed E-state index contributed by atoms with van der Waals surface area (Å²) in [5, 5.41) is 3.31. The Morgan fingerprint density at radius 1 is 1.57 bits per heavy atom. The molecular weight excluding hydrogens is 176 g/mol. The van der Waals surface area contributed by atoms with Crippen LogP contribution in [0, 0.1) is 5.92 Å². The summed E-state index contributed by atoms with van der Waals surface area (Å²) in [5.74, 6) is 0.589. The van der Waals surface area contributed by atoms with Gasteiger partial charge in [0.05, 0.1) is 0 Å². The van der Waals surface area contributed by atoms with Gasteiger partial charge in [-0.05, 0) is 18.9 Å². The predicted molar refractivity (Wildman–Crippen MR) is 58.0 cm³/mol. The first kappa shape index (κ1) is 11.2. The molecule has 1 fully saturated rings. The first-order chi connectivity index (χ1) is 6.59. The van der Waals surface area contributed by atoms with Crippen LogP contribution in [0.15, 0.2) is 12.2 Å². The molecule has 0 spiro atoms. The van der Waals surface area contributed by atoms with Crippen molar-refractivity contribution in [1.82, 2.24) is 10.2 Å². The van der Waals surface area contributed by atoms with Crippen LogP contribution in [-0.4, -0.2) is 36.5 Å². The number of amides is 1. The lowest BCUT2D eigenvalue weighted by Crippen LogP contribution is -2.50. The van der Waals surface area contributed by atoms with E-state index in [0.29, 0.717) is 12.0 Å². The van der Waals surface area contributed by atoms with Crippen molar-refractivity contribution in [1.29, 1.82) is 0 Å². The number of carbonyl (C=O) groups is 1. The zero-order chi connectivity index (χ0) is 10.6. The summed E-state index contributed by atoms with van der Waals surface area (Å²) in [6, 6.07) is 0.417. The lowest BCUT2D eigenvalue weighted by atomic mass is 10.2. The monoisotopic (exact) mass is 196 g/mol. The van der Waals surface area contributed by atoms with Gasteiger partial charge in [0, 0.05) is 25.7 Å². The van der Waals surface area contributed by atoms with Gasteiger partial charge in [0.15, 0.2) is 0 Å². The first-order valence-electron chi connectivity index (χ1n) is 5.30. The van der Waals surface area contributed by atoms with Crippen molar-refractivity contribution in [3.8, 4) is 0 Å². The Hall–Kier alpha value is -0.830. The molecule has 0 radical (unpaired) electrons. The van der Waals surface area contributed by atoms with Gasteiger partial charge in [-0.1, -0.05) is 19.9 Å². The molecule has 1 atom stereocenters. The quantitative estimate of drug-likeness (QED) is 0.669.